The van der Waals surface area contributed by atoms with Gasteiger partial charge in [-0.25, -0.2) is 0 Å². The third-order valence-corrected chi connectivity index (χ3v) is 3.87. The van der Waals surface area contributed by atoms with Crippen LogP contribution in [0, 0.1) is 13.8 Å². The lowest BCUT2D eigenvalue weighted by Gasteiger charge is -2.09. The van der Waals surface area contributed by atoms with Gasteiger partial charge in [-0.2, -0.15) is 4.37 Å². The molecule has 0 bridgehead atoms. The molecule has 1 heterocycles. The van der Waals surface area contributed by atoms with Gasteiger partial charge in [-0.1, -0.05) is 12.1 Å². The van der Waals surface area contributed by atoms with Crippen molar-refractivity contribution in [1.29, 1.82) is 0 Å². The average molecular weight is 270 g/mol. The molecule has 0 radical (unpaired) electrons. The first-order valence-electron chi connectivity index (χ1n) is 6.04. The van der Waals surface area contributed by atoms with Gasteiger partial charge in [-0.3, -0.25) is 0 Å². The number of fused-ring (bicyclic) bond motifs is 1. The fourth-order valence-corrected chi connectivity index (χ4v) is 2.70. The zero-order chi connectivity index (χ0) is 13.4. The number of nitrogens with two attached hydrogens (primary N) is 1. The number of aromatic nitrogens is 1. The van der Waals surface area contributed by atoms with Gasteiger partial charge >= 0.3 is 0 Å². The van der Waals surface area contributed by atoms with Gasteiger partial charge in [0.2, 0.25) is 5.06 Å². The molecule has 0 aliphatic rings. The van der Waals surface area contributed by atoms with Crippen molar-refractivity contribution in [3.63, 3.8) is 0 Å². The maximum absolute atomic E-state index is 6.00. The highest BCUT2D eigenvalue weighted by atomic mass is 32.1. The molecule has 0 saturated carbocycles. The maximum atomic E-state index is 6.00. The number of benzene rings is 2. The molecule has 0 atom stereocenters. The summed E-state index contributed by atoms with van der Waals surface area (Å²) in [7, 11) is 0. The molecule has 0 amide bonds. The van der Waals surface area contributed by atoms with Crippen LogP contribution in [0.25, 0.3) is 10.9 Å². The van der Waals surface area contributed by atoms with Crippen LogP contribution in [0.4, 0.5) is 5.69 Å². The number of anilines is 1. The molecule has 0 fully saturated rings. The van der Waals surface area contributed by atoms with Crippen LogP contribution >= 0.6 is 11.5 Å². The summed E-state index contributed by atoms with van der Waals surface area (Å²) < 4.78 is 10.4. The Bertz CT molecular complexity index is 749. The first-order valence-corrected chi connectivity index (χ1v) is 6.81. The summed E-state index contributed by atoms with van der Waals surface area (Å²) in [6, 6.07) is 11.9. The van der Waals surface area contributed by atoms with E-state index in [1.165, 1.54) is 11.5 Å². The normalized spacial score (nSPS) is 10.8. The second-order valence-corrected chi connectivity index (χ2v) is 5.30. The highest BCUT2D eigenvalue weighted by molar-refractivity contribution is 7.09. The largest absolute Gasteiger partial charge is 0.444 e. The average Bonchev–Trinajstić information content (AvgIpc) is 2.80. The van der Waals surface area contributed by atoms with Crippen molar-refractivity contribution in [3.05, 3.63) is 47.5 Å². The monoisotopic (exact) mass is 270 g/mol. The highest BCUT2D eigenvalue weighted by Gasteiger charge is 2.10. The zero-order valence-corrected chi connectivity index (χ0v) is 11.6. The predicted molar refractivity (Wildman–Crippen MR) is 80.0 cm³/mol. The first-order chi connectivity index (χ1) is 9.15. The Hall–Kier alpha value is -2.07. The number of aryl methyl sites for hydroxylation is 2. The SMILES string of the molecule is Cc1cc(Oc2snc3ccccc23)c(C)cc1N. The molecule has 96 valence electrons. The summed E-state index contributed by atoms with van der Waals surface area (Å²) in [6.45, 7) is 3.97. The zero-order valence-electron chi connectivity index (χ0n) is 10.8. The molecule has 2 aromatic carbocycles. The molecule has 1 aromatic heterocycles. The quantitative estimate of drug-likeness (QED) is 0.707. The van der Waals surface area contributed by atoms with E-state index in [-0.39, 0.29) is 0 Å². The molecule has 0 saturated heterocycles. The van der Waals surface area contributed by atoms with Crippen molar-refractivity contribution < 1.29 is 4.74 Å². The molecule has 0 aliphatic heterocycles. The molecule has 3 nitrogen and oxygen atoms in total. The molecular formula is C15H14N2OS. The molecule has 19 heavy (non-hydrogen) atoms. The minimum Gasteiger partial charge on any atom is -0.444 e. The van der Waals surface area contributed by atoms with Gasteiger partial charge in [0, 0.05) is 17.2 Å². The van der Waals surface area contributed by atoms with E-state index in [0.29, 0.717) is 0 Å². The van der Waals surface area contributed by atoms with E-state index in [4.69, 9.17) is 10.5 Å². The first kappa shape index (κ1) is 12.0. The van der Waals surface area contributed by atoms with Gasteiger partial charge in [0.25, 0.3) is 0 Å². The van der Waals surface area contributed by atoms with Gasteiger partial charge in [0.05, 0.1) is 10.9 Å². The van der Waals surface area contributed by atoms with Crippen molar-refractivity contribution in [2.24, 2.45) is 0 Å². The van der Waals surface area contributed by atoms with Gasteiger partial charge in [-0.05, 0) is 49.2 Å². The van der Waals surface area contributed by atoms with Crippen LogP contribution < -0.4 is 10.5 Å². The fraction of sp³-hybridized carbons (Fsp3) is 0.133. The maximum Gasteiger partial charge on any atom is 0.207 e. The summed E-state index contributed by atoms with van der Waals surface area (Å²) in [5.41, 5.74) is 9.69. The van der Waals surface area contributed by atoms with Crippen LogP contribution in [-0.4, -0.2) is 4.37 Å². The Morgan fingerprint density at radius 2 is 1.89 bits per heavy atom. The summed E-state index contributed by atoms with van der Waals surface area (Å²) in [5, 5.41) is 1.87. The Morgan fingerprint density at radius 3 is 2.74 bits per heavy atom. The van der Waals surface area contributed by atoms with Crippen molar-refractivity contribution in [3.8, 4) is 10.8 Å². The lowest BCUT2D eigenvalue weighted by atomic mass is 10.1. The number of hydrogen-bond acceptors (Lipinski definition) is 4. The highest BCUT2D eigenvalue weighted by Crippen LogP contribution is 2.36. The van der Waals surface area contributed by atoms with E-state index in [0.717, 1.165) is 38.5 Å². The number of nitrogens with zero attached hydrogens (tertiary/aromatic N) is 1. The van der Waals surface area contributed by atoms with Crippen LogP contribution in [0.2, 0.25) is 0 Å². The summed E-state index contributed by atoms with van der Waals surface area (Å²) in [4.78, 5) is 0. The predicted octanol–water partition coefficient (Wildman–Crippen LogP) is 4.29. The number of hydrogen-bond donors (Lipinski definition) is 1. The van der Waals surface area contributed by atoms with E-state index in [1.54, 1.807) is 0 Å². The van der Waals surface area contributed by atoms with Gasteiger partial charge in [0.1, 0.15) is 5.75 Å². The summed E-state index contributed by atoms with van der Waals surface area (Å²) in [6.07, 6.45) is 0. The van der Waals surface area contributed by atoms with Crippen molar-refractivity contribution in [2.45, 2.75) is 13.8 Å². The third-order valence-electron chi connectivity index (χ3n) is 3.12. The van der Waals surface area contributed by atoms with E-state index in [2.05, 4.69) is 4.37 Å². The number of rotatable bonds is 2. The Labute approximate surface area is 115 Å². The van der Waals surface area contributed by atoms with Crippen molar-refractivity contribution in [2.75, 3.05) is 5.73 Å². The minimum absolute atomic E-state index is 0.791. The molecular weight excluding hydrogens is 256 g/mol. The van der Waals surface area contributed by atoms with Crippen LogP contribution in [0.1, 0.15) is 11.1 Å². The van der Waals surface area contributed by atoms with Gasteiger partial charge in [0.15, 0.2) is 0 Å². The lowest BCUT2D eigenvalue weighted by molar-refractivity contribution is 0.497. The number of nitrogen functional groups attached to an aromatic ring is 1. The lowest BCUT2D eigenvalue weighted by Crippen LogP contribution is -1.93. The second kappa shape index (κ2) is 4.55. The molecule has 3 rings (SSSR count). The Balaban J connectivity index is 2.04. The fourth-order valence-electron chi connectivity index (χ4n) is 1.96. The third kappa shape index (κ3) is 2.15. The molecule has 0 spiro atoms. The van der Waals surface area contributed by atoms with E-state index in [1.807, 2.05) is 50.2 Å². The van der Waals surface area contributed by atoms with E-state index >= 15 is 0 Å². The Morgan fingerprint density at radius 1 is 1.11 bits per heavy atom. The van der Waals surface area contributed by atoms with Gasteiger partial charge in [-0.15, -0.1) is 0 Å². The van der Waals surface area contributed by atoms with Crippen LogP contribution in [0.5, 0.6) is 10.8 Å². The molecule has 0 aliphatic carbocycles. The second-order valence-electron chi connectivity index (χ2n) is 4.56. The minimum atomic E-state index is 0.791. The summed E-state index contributed by atoms with van der Waals surface area (Å²) >= 11 is 1.37. The molecule has 4 heteroatoms. The summed E-state index contributed by atoms with van der Waals surface area (Å²) in [5.74, 6) is 0.834. The van der Waals surface area contributed by atoms with Crippen LogP contribution in [0.15, 0.2) is 36.4 Å². The Kier molecular flexibility index (Phi) is 2.87. The van der Waals surface area contributed by atoms with Crippen LogP contribution in [-0.2, 0) is 0 Å². The number of ether oxygens (including phenoxy) is 1. The molecule has 2 N–H and O–H groups in total. The van der Waals surface area contributed by atoms with E-state index in [9.17, 15) is 0 Å². The van der Waals surface area contributed by atoms with Crippen molar-refractivity contribution >= 4 is 28.1 Å². The smallest absolute Gasteiger partial charge is 0.207 e. The molecule has 3 aromatic rings. The standard InChI is InChI=1S/C15H14N2OS/c1-9-8-14(10(2)7-12(9)16)18-15-11-5-3-4-6-13(11)17-19-15/h3-8H,16H2,1-2H3. The van der Waals surface area contributed by atoms with Crippen molar-refractivity contribution in [1.82, 2.24) is 4.37 Å². The van der Waals surface area contributed by atoms with E-state index < -0.39 is 0 Å². The topological polar surface area (TPSA) is 48.1 Å². The molecule has 0 unspecified atom stereocenters. The van der Waals surface area contributed by atoms with Crippen LogP contribution in [0.3, 0.4) is 0 Å². The van der Waals surface area contributed by atoms with Gasteiger partial charge < -0.3 is 10.5 Å².